The second kappa shape index (κ2) is 8.19. The lowest BCUT2D eigenvalue weighted by atomic mass is 9.79. The Morgan fingerprint density at radius 1 is 0.931 bits per heavy atom. The van der Waals surface area contributed by atoms with Gasteiger partial charge in [-0.25, -0.2) is 4.79 Å². The average molecular weight is 399 g/mol. The van der Waals surface area contributed by atoms with Crippen molar-refractivity contribution in [1.29, 1.82) is 0 Å². The molecule has 0 saturated heterocycles. The maximum atomic E-state index is 11.8. The molecule has 7 nitrogen and oxygen atoms in total. The molecule has 0 bridgehead atoms. The fourth-order valence-corrected chi connectivity index (χ4v) is 2.83. The van der Waals surface area contributed by atoms with E-state index in [1.54, 1.807) is 12.1 Å². The summed E-state index contributed by atoms with van der Waals surface area (Å²) >= 11 is 0. The van der Waals surface area contributed by atoms with Gasteiger partial charge in [-0.2, -0.15) is 0 Å². The van der Waals surface area contributed by atoms with Gasteiger partial charge in [-0.3, -0.25) is 4.79 Å². The van der Waals surface area contributed by atoms with Gasteiger partial charge in [0.2, 0.25) is 0 Å². The zero-order chi connectivity index (χ0) is 22.0. The molecule has 0 fully saturated rings. The molecule has 2 aromatic rings. The molecule has 1 aromatic carbocycles. The van der Waals surface area contributed by atoms with Crippen molar-refractivity contribution in [3.63, 3.8) is 0 Å². The maximum Gasteiger partial charge on any atom is 0.358 e. The summed E-state index contributed by atoms with van der Waals surface area (Å²) in [5.74, 6) is 0.179. The highest BCUT2D eigenvalue weighted by Crippen LogP contribution is 2.42. The maximum absolute atomic E-state index is 11.8. The van der Waals surface area contributed by atoms with Crippen LogP contribution in [0.5, 0.6) is 5.75 Å². The molecule has 0 saturated carbocycles. The summed E-state index contributed by atoms with van der Waals surface area (Å²) in [5.41, 5.74) is 2.21. The van der Waals surface area contributed by atoms with Crippen molar-refractivity contribution in [2.75, 3.05) is 12.4 Å². The van der Waals surface area contributed by atoms with E-state index in [1.807, 2.05) is 12.1 Å². The molecular formula is C22H29N3O4. The van der Waals surface area contributed by atoms with Gasteiger partial charge < -0.3 is 14.8 Å². The van der Waals surface area contributed by atoms with Gasteiger partial charge in [0, 0.05) is 23.7 Å². The minimum atomic E-state index is -0.542. The molecule has 1 N–H and O–H groups in total. The second-order valence-electron chi connectivity index (χ2n) is 8.91. The van der Waals surface area contributed by atoms with Crippen molar-refractivity contribution >= 4 is 23.4 Å². The van der Waals surface area contributed by atoms with E-state index in [-0.39, 0.29) is 22.5 Å². The largest absolute Gasteiger partial charge is 0.464 e. The van der Waals surface area contributed by atoms with E-state index in [2.05, 4.69) is 61.8 Å². The minimum Gasteiger partial charge on any atom is -0.464 e. The highest BCUT2D eigenvalue weighted by Gasteiger charge is 2.29. The minimum absolute atomic E-state index is 0.133. The first-order valence-corrected chi connectivity index (χ1v) is 9.39. The van der Waals surface area contributed by atoms with Gasteiger partial charge in [0.05, 0.1) is 7.11 Å². The Hall–Kier alpha value is -2.96. The number of methoxy groups -OCH3 is 1. The standard InChI is InChI=1S/C22H29N3O4/c1-13(26)29-19-15(21(2,3)4)11-14(12-16(19)22(5,6)7)23-18-10-9-17(24-25-18)20(27)28-8/h9-12H,1-8H3,(H,23,25). The molecule has 1 aromatic heterocycles. The summed E-state index contributed by atoms with van der Waals surface area (Å²) in [4.78, 5) is 23.3. The monoisotopic (exact) mass is 399 g/mol. The molecule has 0 aliphatic rings. The lowest BCUT2D eigenvalue weighted by Crippen LogP contribution is -2.21. The van der Waals surface area contributed by atoms with Crippen molar-refractivity contribution < 1.29 is 19.1 Å². The Morgan fingerprint density at radius 2 is 1.48 bits per heavy atom. The molecule has 29 heavy (non-hydrogen) atoms. The van der Waals surface area contributed by atoms with Crippen LogP contribution in [0.15, 0.2) is 24.3 Å². The summed E-state index contributed by atoms with van der Waals surface area (Å²) in [6, 6.07) is 7.10. The third-order valence-electron chi connectivity index (χ3n) is 4.28. The van der Waals surface area contributed by atoms with E-state index >= 15 is 0 Å². The van der Waals surface area contributed by atoms with E-state index in [4.69, 9.17) is 4.74 Å². The normalized spacial score (nSPS) is 11.7. The first-order valence-electron chi connectivity index (χ1n) is 9.39. The number of nitrogens with one attached hydrogen (secondary N) is 1. The Bertz CT molecular complexity index is 872. The lowest BCUT2D eigenvalue weighted by molar-refractivity contribution is -0.132. The number of ether oxygens (including phenoxy) is 2. The van der Waals surface area contributed by atoms with Crippen molar-refractivity contribution in [2.45, 2.75) is 59.3 Å². The molecule has 0 radical (unpaired) electrons. The van der Waals surface area contributed by atoms with Gasteiger partial charge in [-0.15, -0.1) is 10.2 Å². The van der Waals surface area contributed by atoms with E-state index < -0.39 is 5.97 Å². The number of carbonyl (C=O) groups excluding carboxylic acids is 2. The Labute approximate surface area is 171 Å². The molecule has 156 valence electrons. The van der Waals surface area contributed by atoms with Crippen LogP contribution in [0.4, 0.5) is 11.5 Å². The van der Waals surface area contributed by atoms with E-state index in [0.717, 1.165) is 16.8 Å². The fourth-order valence-electron chi connectivity index (χ4n) is 2.83. The summed E-state index contributed by atoms with van der Waals surface area (Å²) in [7, 11) is 1.29. The molecule has 0 aliphatic carbocycles. The van der Waals surface area contributed by atoms with Crippen molar-refractivity contribution in [2.24, 2.45) is 0 Å². The number of aromatic nitrogens is 2. The van der Waals surface area contributed by atoms with Crippen molar-refractivity contribution in [3.8, 4) is 5.75 Å². The number of nitrogens with zero attached hydrogens (tertiary/aromatic N) is 2. The zero-order valence-electron chi connectivity index (χ0n) is 18.3. The van der Waals surface area contributed by atoms with Gasteiger partial charge in [0.25, 0.3) is 0 Å². The van der Waals surface area contributed by atoms with Crippen LogP contribution in [0.1, 0.15) is 70.1 Å². The Morgan fingerprint density at radius 3 is 1.86 bits per heavy atom. The van der Waals surface area contributed by atoms with Crippen LogP contribution in [-0.4, -0.2) is 29.2 Å². The second-order valence-corrected chi connectivity index (χ2v) is 8.91. The molecule has 0 amide bonds. The quantitative estimate of drug-likeness (QED) is 0.597. The van der Waals surface area contributed by atoms with Crippen LogP contribution in [0.2, 0.25) is 0 Å². The summed E-state index contributed by atoms with van der Waals surface area (Å²) in [5, 5.41) is 11.2. The lowest BCUT2D eigenvalue weighted by Gasteiger charge is -2.30. The fraction of sp³-hybridized carbons (Fsp3) is 0.455. The first kappa shape index (κ1) is 22.3. The van der Waals surface area contributed by atoms with E-state index in [0.29, 0.717) is 11.6 Å². The van der Waals surface area contributed by atoms with Crippen LogP contribution in [0.25, 0.3) is 0 Å². The molecular weight excluding hydrogens is 370 g/mol. The van der Waals surface area contributed by atoms with Gasteiger partial charge in [0.15, 0.2) is 11.5 Å². The SMILES string of the molecule is COC(=O)c1ccc(Nc2cc(C(C)(C)C)c(OC(C)=O)c(C(C)(C)C)c2)nn1. The number of benzene rings is 1. The van der Waals surface area contributed by atoms with Crippen LogP contribution in [-0.2, 0) is 20.4 Å². The number of carbonyl (C=O) groups is 2. The summed E-state index contributed by atoms with van der Waals surface area (Å²) in [6.07, 6.45) is 0. The third-order valence-corrected chi connectivity index (χ3v) is 4.28. The topological polar surface area (TPSA) is 90.4 Å². The van der Waals surface area contributed by atoms with Crippen molar-refractivity contribution in [1.82, 2.24) is 10.2 Å². The number of anilines is 2. The molecule has 1 heterocycles. The van der Waals surface area contributed by atoms with Gasteiger partial charge in [-0.1, -0.05) is 41.5 Å². The van der Waals surface area contributed by atoms with Gasteiger partial charge >= 0.3 is 11.9 Å². The summed E-state index contributed by atoms with van der Waals surface area (Å²) < 4.78 is 10.3. The molecule has 0 atom stereocenters. The van der Waals surface area contributed by atoms with Gasteiger partial charge in [0.1, 0.15) is 5.75 Å². The molecule has 0 spiro atoms. The van der Waals surface area contributed by atoms with Crippen LogP contribution in [0.3, 0.4) is 0 Å². The van der Waals surface area contributed by atoms with Crippen molar-refractivity contribution in [3.05, 3.63) is 41.1 Å². The smallest absolute Gasteiger partial charge is 0.358 e. The Balaban J connectivity index is 2.55. The van der Waals surface area contributed by atoms with E-state index in [1.165, 1.54) is 14.0 Å². The first-order chi connectivity index (χ1) is 13.3. The molecule has 0 unspecified atom stereocenters. The van der Waals surface area contributed by atoms with Crippen LogP contribution in [0, 0.1) is 0 Å². The molecule has 2 rings (SSSR count). The molecule has 7 heteroatoms. The predicted octanol–water partition coefficient (Wildman–Crippen LogP) is 4.53. The highest BCUT2D eigenvalue weighted by atomic mass is 16.5. The number of esters is 2. The third kappa shape index (κ3) is 5.53. The Kier molecular flexibility index (Phi) is 6.30. The number of hydrogen-bond donors (Lipinski definition) is 1. The number of rotatable bonds is 4. The predicted molar refractivity (Wildman–Crippen MR) is 112 cm³/mol. The number of hydrogen-bond acceptors (Lipinski definition) is 7. The van der Waals surface area contributed by atoms with Crippen LogP contribution < -0.4 is 10.1 Å². The summed E-state index contributed by atoms with van der Waals surface area (Å²) in [6.45, 7) is 13.8. The molecule has 0 aliphatic heterocycles. The van der Waals surface area contributed by atoms with Gasteiger partial charge in [-0.05, 0) is 35.1 Å². The van der Waals surface area contributed by atoms with Crippen LogP contribution >= 0.6 is 0 Å². The van der Waals surface area contributed by atoms with E-state index in [9.17, 15) is 9.59 Å². The average Bonchev–Trinajstić information content (AvgIpc) is 2.60. The zero-order valence-corrected chi connectivity index (χ0v) is 18.3. The highest BCUT2D eigenvalue weighted by molar-refractivity contribution is 5.87.